The lowest BCUT2D eigenvalue weighted by atomic mass is 9.65. The van der Waals surface area contributed by atoms with E-state index in [4.69, 9.17) is 9.72 Å². The molecule has 5 heteroatoms. The van der Waals surface area contributed by atoms with Gasteiger partial charge in [-0.15, -0.1) is 0 Å². The number of nitrogens with zero attached hydrogens (tertiary/aromatic N) is 2. The molecule has 0 saturated heterocycles. The fraction of sp³-hybridized carbons (Fsp3) is 0.146. The number of rotatable bonds is 14. The van der Waals surface area contributed by atoms with Gasteiger partial charge in [-0.3, -0.25) is 4.98 Å². The Morgan fingerprint density at radius 3 is 1.87 bits per heavy atom. The van der Waals surface area contributed by atoms with Crippen LogP contribution in [0.15, 0.2) is 158 Å². The lowest BCUT2D eigenvalue weighted by molar-refractivity contribution is 0.306. The highest BCUT2D eigenvalue weighted by Gasteiger charge is 2.40. The number of ether oxygens (including phenoxy) is 1. The molecule has 0 aliphatic heterocycles. The molecule has 0 amide bonds. The smallest absolute Gasteiger partial charge is 0.241 e. The van der Waals surface area contributed by atoms with E-state index in [0.717, 1.165) is 47.3 Å². The maximum absolute atomic E-state index is 6.14. The second kappa shape index (κ2) is 15.4. The van der Waals surface area contributed by atoms with Crippen LogP contribution in [-0.4, -0.2) is 31.5 Å². The van der Waals surface area contributed by atoms with Gasteiger partial charge in [0, 0.05) is 18.6 Å². The summed E-state index contributed by atoms with van der Waals surface area (Å²) in [5.74, 6) is 0.930. The van der Waals surface area contributed by atoms with Gasteiger partial charge in [-0.2, -0.15) is 0 Å². The molecule has 0 atom stereocenters. The van der Waals surface area contributed by atoms with Crippen molar-refractivity contribution in [3.63, 3.8) is 0 Å². The summed E-state index contributed by atoms with van der Waals surface area (Å²) in [6.45, 7) is 2.97. The number of imidazole rings is 1. The normalized spacial score (nSPS) is 11.7. The van der Waals surface area contributed by atoms with E-state index in [2.05, 4.69) is 177 Å². The van der Waals surface area contributed by atoms with Gasteiger partial charge in [0.2, 0.25) is 7.28 Å². The van der Waals surface area contributed by atoms with E-state index in [1.54, 1.807) is 0 Å². The van der Waals surface area contributed by atoms with E-state index in [9.17, 15) is 0 Å². The minimum Gasteiger partial charge on any atom is -0.494 e. The minimum absolute atomic E-state index is 0.752. The lowest BCUT2D eigenvalue weighted by Gasteiger charge is -2.34. The summed E-state index contributed by atoms with van der Waals surface area (Å²) in [6.07, 6.45) is 10.6. The van der Waals surface area contributed by atoms with Crippen LogP contribution < -0.4 is 26.0 Å². The van der Waals surface area contributed by atoms with Gasteiger partial charge in [0.05, 0.1) is 12.3 Å². The first-order valence-corrected chi connectivity index (χ1v) is 18.5. The molecule has 0 fully saturated rings. The maximum Gasteiger partial charge on any atom is 0.241 e. The highest BCUT2D eigenvalue weighted by molar-refractivity contribution is 7.10. The van der Waals surface area contributed by atoms with E-state index in [-0.39, 0.29) is 0 Å². The summed E-state index contributed by atoms with van der Waals surface area (Å²) in [7, 11) is -0.376. The third-order valence-electron chi connectivity index (χ3n) is 8.57. The van der Waals surface area contributed by atoms with Gasteiger partial charge in [0.1, 0.15) is 5.75 Å². The van der Waals surface area contributed by atoms with Crippen molar-refractivity contribution in [2.75, 3.05) is 6.61 Å². The summed E-state index contributed by atoms with van der Waals surface area (Å²) in [5, 5.41) is 4.06. The molecule has 6 rings (SSSR count). The van der Waals surface area contributed by atoms with Crippen molar-refractivity contribution in [1.29, 1.82) is 0 Å². The molecule has 227 valence electrons. The molecule has 0 aliphatic rings. The zero-order chi connectivity index (χ0) is 31.4. The SMILES string of the molecule is CCCCCOc1ccc([Si](Cn2ccnc2[B]C(=Cc2ccccc2)c2ccccc2)(c2ccccc2)c2ccccc2)cc1. The molecule has 0 saturated carbocycles. The molecule has 0 unspecified atom stereocenters. The van der Waals surface area contributed by atoms with Crippen molar-refractivity contribution in [2.24, 2.45) is 0 Å². The zero-order valence-electron chi connectivity index (χ0n) is 26.5. The fourth-order valence-corrected chi connectivity index (χ4v) is 10.7. The molecule has 1 radical (unpaired) electrons. The van der Waals surface area contributed by atoms with Crippen LogP contribution in [0, 0.1) is 0 Å². The quantitative estimate of drug-likeness (QED) is 0.0591. The first-order valence-electron chi connectivity index (χ1n) is 16.3. The van der Waals surface area contributed by atoms with Crippen LogP contribution in [0.4, 0.5) is 0 Å². The lowest BCUT2D eigenvalue weighted by Crippen LogP contribution is -2.70. The van der Waals surface area contributed by atoms with Crippen LogP contribution in [0.1, 0.15) is 37.3 Å². The van der Waals surface area contributed by atoms with Gasteiger partial charge in [0.15, 0.2) is 8.07 Å². The molecule has 0 spiro atoms. The van der Waals surface area contributed by atoms with Crippen LogP contribution >= 0.6 is 0 Å². The van der Waals surface area contributed by atoms with Crippen molar-refractivity contribution < 1.29 is 4.74 Å². The van der Waals surface area contributed by atoms with Gasteiger partial charge < -0.3 is 9.30 Å². The Kier molecular flexibility index (Phi) is 10.4. The van der Waals surface area contributed by atoms with Crippen LogP contribution in [-0.2, 0) is 6.17 Å². The predicted molar refractivity (Wildman–Crippen MR) is 197 cm³/mol. The van der Waals surface area contributed by atoms with Gasteiger partial charge in [-0.1, -0.05) is 165 Å². The number of hydrogen-bond donors (Lipinski definition) is 0. The average Bonchev–Trinajstić information content (AvgIpc) is 3.56. The summed E-state index contributed by atoms with van der Waals surface area (Å²) in [5.41, 5.74) is 4.37. The van der Waals surface area contributed by atoms with Gasteiger partial charge in [-0.25, -0.2) is 0 Å². The average molecular weight is 616 g/mol. The predicted octanol–water partition coefficient (Wildman–Crippen LogP) is 6.69. The van der Waals surface area contributed by atoms with E-state index >= 15 is 0 Å². The molecular formula is C41H40BN2OSi. The second-order valence-corrected chi connectivity index (χ2v) is 15.5. The minimum atomic E-state index is -2.60. The topological polar surface area (TPSA) is 27.1 Å². The number of benzene rings is 5. The van der Waals surface area contributed by atoms with Crippen LogP contribution in [0.5, 0.6) is 5.75 Å². The standard InChI is InChI=1S/C41H40BN2OSi/c1-2-3-16-31-45-36-25-27-39(28-26-36)46(37-21-12-6-13-22-37,38-23-14-7-15-24-38)33-44-30-29-43-41(44)42-40(35-19-10-5-11-20-35)32-34-17-8-4-9-18-34/h4-15,17-30,32H,2-3,16,31,33H2,1H3. The first-order chi connectivity index (χ1) is 22.8. The fourth-order valence-electron chi connectivity index (χ4n) is 6.15. The largest absolute Gasteiger partial charge is 0.494 e. The third kappa shape index (κ3) is 7.33. The summed E-state index contributed by atoms with van der Waals surface area (Å²) < 4.78 is 8.49. The zero-order valence-corrected chi connectivity index (χ0v) is 27.5. The van der Waals surface area contributed by atoms with E-state index in [1.807, 2.05) is 6.20 Å². The molecule has 1 aromatic heterocycles. The van der Waals surface area contributed by atoms with Gasteiger partial charge in [0.25, 0.3) is 0 Å². The molecule has 0 N–H and O–H groups in total. The van der Waals surface area contributed by atoms with Gasteiger partial charge in [-0.05, 0) is 45.2 Å². The Balaban J connectivity index is 1.42. The maximum atomic E-state index is 6.14. The Hall–Kier alpha value is -4.87. The van der Waals surface area contributed by atoms with E-state index < -0.39 is 8.07 Å². The number of aromatic nitrogens is 2. The van der Waals surface area contributed by atoms with Crippen molar-refractivity contribution in [2.45, 2.75) is 32.4 Å². The molecule has 6 aromatic rings. The third-order valence-corrected chi connectivity index (χ3v) is 13.3. The Morgan fingerprint density at radius 2 is 1.26 bits per heavy atom. The Labute approximate surface area is 275 Å². The number of unbranched alkanes of at least 4 members (excludes halogenated alkanes) is 2. The van der Waals surface area contributed by atoms with Crippen LogP contribution in [0.3, 0.4) is 0 Å². The molecule has 5 aromatic carbocycles. The van der Waals surface area contributed by atoms with E-state index in [1.165, 1.54) is 28.4 Å². The monoisotopic (exact) mass is 615 g/mol. The molecule has 3 nitrogen and oxygen atoms in total. The second-order valence-electron chi connectivity index (χ2n) is 11.7. The Morgan fingerprint density at radius 1 is 0.696 bits per heavy atom. The van der Waals surface area contributed by atoms with Crippen molar-refractivity contribution in [1.82, 2.24) is 9.55 Å². The van der Waals surface area contributed by atoms with Crippen LogP contribution in [0.25, 0.3) is 11.5 Å². The highest BCUT2D eigenvalue weighted by atomic mass is 28.3. The molecular weight excluding hydrogens is 575 g/mol. The van der Waals surface area contributed by atoms with E-state index in [0.29, 0.717) is 0 Å². The van der Waals surface area contributed by atoms with Crippen molar-refractivity contribution >= 4 is 48.2 Å². The molecule has 0 bridgehead atoms. The van der Waals surface area contributed by atoms with Crippen molar-refractivity contribution in [3.8, 4) is 5.75 Å². The summed E-state index contributed by atoms with van der Waals surface area (Å²) in [4.78, 5) is 4.92. The van der Waals surface area contributed by atoms with Gasteiger partial charge >= 0.3 is 0 Å². The van der Waals surface area contributed by atoms with Crippen molar-refractivity contribution in [3.05, 3.63) is 169 Å². The summed E-state index contributed by atoms with van der Waals surface area (Å²) >= 11 is 0. The Bertz CT molecular complexity index is 1770. The molecule has 46 heavy (non-hydrogen) atoms. The summed E-state index contributed by atoms with van der Waals surface area (Å²) in [6, 6.07) is 52.1. The molecule has 0 aliphatic carbocycles. The first kappa shape index (κ1) is 31.1. The number of hydrogen-bond acceptors (Lipinski definition) is 2. The molecule has 1 heterocycles. The highest BCUT2D eigenvalue weighted by Crippen LogP contribution is 2.19. The van der Waals surface area contributed by atoms with Crippen LogP contribution in [0.2, 0.25) is 0 Å².